The predicted molar refractivity (Wildman–Crippen MR) is 73.6 cm³/mol. The van der Waals surface area contributed by atoms with Crippen LogP contribution in [0.25, 0.3) is 0 Å². The summed E-state index contributed by atoms with van der Waals surface area (Å²) in [5, 5.41) is 10.9. The first-order valence-corrected chi connectivity index (χ1v) is 6.78. The fraction of sp³-hybridized carbons (Fsp3) is 0.538. The summed E-state index contributed by atoms with van der Waals surface area (Å²) in [6.45, 7) is 4.37. The molecule has 1 aromatic carbocycles. The van der Waals surface area contributed by atoms with Crippen LogP contribution in [-0.4, -0.2) is 9.75 Å². The molecular weight excluding hydrogens is 282 g/mol. The van der Waals surface area contributed by atoms with Crippen molar-refractivity contribution in [3.05, 3.63) is 39.9 Å². The molecule has 1 atom stereocenters. The number of para-hydroxylation sites is 1. The number of nitro groups is 1. The van der Waals surface area contributed by atoms with Crippen molar-refractivity contribution < 1.29 is 4.92 Å². The Morgan fingerprint density at radius 3 is 2.53 bits per heavy atom. The van der Waals surface area contributed by atoms with Crippen LogP contribution in [0.5, 0.6) is 0 Å². The molecule has 1 rings (SSSR count). The van der Waals surface area contributed by atoms with Gasteiger partial charge in [-0.15, -0.1) is 0 Å². The average molecular weight is 300 g/mol. The Morgan fingerprint density at radius 2 is 1.94 bits per heavy atom. The fourth-order valence-corrected chi connectivity index (χ4v) is 2.33. The molecule has 0 heterocycles. The lowest BCUT2D eigenvalue weighted by atomic mass is 10.0. The highest BCUT2D eigenvalue weighted by molar-refractivity contribution is 9.09. The highest BCUT2D eigenvalue weighted by Gasteiger charge is 2.15. The molecule has 17 heavy (non-hydrogen) atoms. The second kappa shape index (κ2) is 6.74. The second-order valence-corrected chi connectivity index (χ2v) is 5.95. The molecule has 0 N–H and O–H groups in total. The van der Waals surface area contributed by atoms with Gasteiger partial charge in [-0.05, 0) is 25.2 Å². The van der Waals surface area contributed by atoms with Crippen molar-refractivity contribution in [2.45, 2.75) is 37.9 Å². The standard InChI is InChI=1S/C13H18BrNO2/c1-10(2)7-8-12(14)9-11-5-3-4-6-13(11)15(16)17/h3-6,10,12H,7-9H2,1-2H3. The second-order valence-electron chi connectivity index (χ2n) is 4.66. The van der Waals surface area contributed by atoms with E-state index in [-0.39, 0.29) is 10.6 Å². The normalized spacial score (nSPS) is 12.7. The lowest BCUT2D eigenvalue weighted by Crippen LogP contribution is -2.06. The van der Waals surface area contributed by atoms with Crippen LogP contribution in [0.4, 0.5) is 5.69 Å². The molecule has 4 heteroatoms. The molecule has 0 aliphatic carbocycles. The molecule has 0 saturated heterocycles. The Labute approximate surface area is 111 Å². The summed E-state index contributed by atoms with van der Waals surface area (Å²) in [6.07, 6.45) is 2.89. The van der Waals surface area contributed by atoms with Gasteiger partial charge in [0, 0.05) is 16.5 Å². The minimum Gasteiger partial charge on any atom is -0.258 e. The smallest absolute Gasteiger partial charge is 0.258 e. The Hall–Kier alpha value is -0.900. The molecule has 0 bridgehead atoms. The maximum absolute atomic E-state index is 10.9. The number of benzene rings is 1. The van der Waals surface area contributed by atoms with Gasteiger partial charge in [0.1, 0.15) is 0 Å². The number of hydrogen-bond donors (Lipinski definition) is 0. The third-order valence-corrected chi connectivity index (χ3v) is 3.47. The van der Waals surface area contributed by atoms with Crippen LogP contribution in [-0.2, 0) is 6.42 Å². The van der Waals surface area contributed by atoms with Gasteiger partial charge < -0.3 is 0 Å². The zero-order chi connectivity index (χ0) is 12.8. The third-order valence-electron chi connectivity index (χ3n) is 2.69. The van der Waals surface area contributed by atoms with Crippen molar-refractivity contribution >= 4 is 21.6 Å². The first-order chi connectivity index (χ1) is 8.00. The fourth-order valence-electron chi connectivity index (χ4n) is 1.72. The third kappa shape index (κ3) is 4.86. The summed E-state index contributed by atoms with van der Waals surface area (Å²) in [7, 11) is 0. The van der Waals surface area contributed by atoms with E-state index in [0.717, 1.165) is 18.4 Å². The van der Waals surface area contributed by atoms with Gasteiger partial charge in [-0.1, -0.05) is 48.0 Å². The van der Waals surface area contributed by atoms with Gasteiger partial charge >= 0.3 is 0 Å². The lowest BCUT2D eigenvalue weighted by Gasteiger charge is -2.11. The van der Waals surface area contributed by atoms with E-state index < -0.39 is 0 Å². The minimum absolute atomic E-state index is 0.224. The van der Waals surface area contributed by atoms with Gasteiger partial charge in [-0.2, -0.15) is 0 Å². The molecule has 0 amide bonds. The Bertz CT molecular complexity index is 379. The van der Waals surface area contributed by atoms with Crippen LogP contribution in [0, 0.1) is 16.0 Å². The molecule has 3 nitrogen and oxygen atoms in total. The Morgan fingerprint density at radius 1 is 1.29 bits per heavy atom. The molecule has 0 aliphatic heterocycles. The lowest BCUT2D eigenvalue weighted by molar-refractivity contribution is -0.385. The first-order valence-electron chi connectivity index (χ1n) is 5.87. The van der Waals surface area contributed by atoms with Gasteiger partial charge in [-0.25, -0.2) is 0 Å². The number of nitro benzene ring substituents is 1. The van der Waals surface area contributed by atoms with Crippen LogP contribution in [0.3, 0.4) is 0 Å². The highest BCUT2D eigenvalue weighted by atomic mass is 79.9. The van der Waals surface area contributed by atoms with E-state index >= 15 is 0 Å². The van der Waals surface area contributed by atoms with Gasteiger partial charge in [0.15, 0.2) is 0 Å². The van der Waals surface area contributed by atoms with Crippen LogP contribution in [0.2, 0.25) is 0 Å². The van der Waals surface area contributed by atoms with E-state index in [0.29, 0.717) is 17.2 Å². The Balaban J connectivity index is 2.64. The van der Waals surface area contributed by atoms with Crippen molar-refractivity contribution in [3.63, 3.8) is 0 Å². The molecule has 0 aromatic heterocycles. The summed E-state index contributed by atoms with van der Waals surface area (Å²) in [6, 6.07) is 6.96. The quantitative estimate of drug-likeness (QED) is 0.445. The number of rotatable bonds is 6. The zero-order valence-corrected chi connectivity index (χ0v) is 11.8. The average Bonchev–Trinajstić information content (AvgIpc) is 2.27. The van der Waals surface area contributed by atoms with Crippen molar-refractivity contribution in [2.24, 2.45) is 5.92 Å². The van der Waals surface area contributed by atoms with E-state index in [1.807, 2.05) is 12.1 Å². The maximum Gasteiger partial charge on any atom is 0.272 e. The minimum atomic E-state index is -0.308. The molecule has 0 saturated carbocycles. The van der Waals surface area contributed by atoms with Crippen molar-refractivity contribution in [3.8, 4) is 0 Å². The van der Waals surface area contributed by atoms with Gasteiger partial charge in [0.2, 0.25) is 0 Å². The number of halogens is 1. The number of hydrogen-bond acceptors (Lipinski definition) is 2. The highest BCUT2D eigenvalue weighted by Crippen LogP contribution is 2.24. The van der Waals surface area contributed by atoms with E-state index in [1.54, 1.807) is 12.1 Å². The van der Waals surface area contributed by atoms with Crippen LogP contribution >= 0.6 is 15.9 Å². The first kappa shape index (κ1) is 14.2. The summed E-state index contributed by atoms with van der Waals surface area (Å²) in [5.74, 6) is 0.667. The van der Waals surface area contributed by atoms with Crippen LogP contribution in [0.1, 0.15) is 32.3 Å². The van der Waals surface area contributed by atoms with Crippen LogP contribution in [0.15, 0.2) is 24.3 Å². The predicted octanol–water partition coefficient (Wildman–Crippen LogP) is 4.34. The van der Waals surface area contributed by atoms with E-state index in [1.165, 1.54) is 0 Å². The molecule has 0 radical (unpaired) electrons. The largest absolute Gasteiger partial charge is 0.272 e. The van der Waals surface area contributed by atoms with Gasteiger partial charge in [-0.3, -0.25) is 10.1 Å². The Kier molecular flexibility index (Phi) is 5.62. The van der Waals surface area contributed by atoms with Crippen molar-refractivity contribution in [2.75, 3.05) is 0 Å². The monoisotopic (exact) mass is 299 g/mol. The van der Waals surface area contributed by atoms with Gasteiger partial charge in [0.25, 0.3) is 5.69 Å². The van der Waals surface area contributed by atoms with Crippen molar-refractivity contribution in [1.82, 2.24) is 0 Å². The SMILES string of the molecule is CC(C)CCC(Br)Cc1ccccc1[N+](=O)[O-]. The van der Waals surface area contributed by atoms with Crippen LogP contribution < -0.4 is 0 Å². The molecule has 1 aromatic rings. The summed E-state index contributed by atoms with van der Waals surface area (Å²) >= 11 is 3.60. The summed E-state index contributed by atoms with van der Waals surface area (Å²) < 4.78 is 0. The molecular formula is C13H18BrNO2. The molecule has 0 fully saturated rings. The zero-order valence-electron chi connectivity index (χ0n) is 10.2. The van der Waals surface area contributed by atoms with Crippen molar-refractivity contribution in [1.29, 1.82) is 0 Å². The number of nitrogens with zero attached hydrogens (tertiary/aromatic N) is 1. The van der Waals surface area contributed by atoms with Gasteiger partial charge in [0.05, 0.1) is 4.92 Å². The summed E-state index contributed by atoms with van der Waals surface area (Å²) in [5.41, 5.74) is 1.03. The molecule has 0 spiro atoms. The molecule has 94 valence electrons. The van der Waals surface area contributed by atoms with E-state index in [9.17, 15) is 10.1 Å². The maximum atomic E-state index is 10.9. The van der Waals surface area contributed by atoms with E-state index in [4.69, 9.17) is 0 Å². The molecule has 0 aliphatic rings. The molecule has 1 unspecified atom stereocenters. The number of alkyl halides is 1. The van der Waals surface area contributed by atoms with E-state index in [2.05, 4.69) is 29.8 Å². The topological polar surface area (TPSA) is 43.1 Å². The summed E-state index contributed by atoms with van der Waals surface area (Å²) in [4.78, 5) is 10.9.